The van der Waals surface area contributed by atoms with E-state index in [2.05, 4.69) is 4.98 Å². The smallest absolute Gasteiger partial charge is 0.278 e. The summed E-state index contributed by atoms with van der Waals surface area (Å²) in [6.07, 6.45) is 0. The molecule has 0 fully saturated rings. The first-order valence-electron chi connectivity index (χ1n) is 8.34. The van der Waals surface area contributed by atoms with Crippen molar-refractivity contribution >= 4 is 28.4 Å². The Morgan fingerprint density at radius 2 is 1.78 bits per heavy atom. The lowest BCUT2D eigenvalue weighted by Gasteiger charge is -2.07. The van der Waals surface area contributed by atoms with Crippen LogP contribution in [0.25, 0.3) is 22.2 Å². The predicted molar refractivity (Wildman–Crippen MR) is 108 cm³/mol. The highest BCUT2D eigenvalue weighted by Crippen LogP contribution is 2.43. The quantitative estimate of drug-likeness (QED) is 0.348. The van der Waals surface area contributed by atoms with Crippen LogP contribution in [0.15, 0.2) is 82.6 Å². The molecule has 0 aliphatic rings. The monoisotopic (exact) mass is 376 g/mol. The minimum Gasteiger partial charge on any atom is -0.497 e. The summed E-state index contributed by atoms with van der Waals surface area (Å²) in [6.45, 7) is 0. The molecular formula is C21H16N2O3S. The van der Waals surface area contributed by atoms with Gasteiger partial charge in [-0.3, -0.25) is 10.1 Å². The molecule has 27 heavy (non-hydrogen) atoms. The first-order chi connectivity index (χ1) is 13.2. The van der Waals surface area contributed by atoms with Crippen molar-refractivity contribution in [2.45, 2.75) is 9.79 Å². The molecule has 3 aromatic carbocycles. The van der Waals surface area contributed by atoms with Gasteiger partial charge >= 0.3 is 0 Å². The maximum Gasteiger partial charge on any atom is 0.278 e. The zero-order chi connectivity index (χ0) is 18.8. The predicted octanol–water partition coefficient (Wildman–Crippen LogP) is 5.90. The average Bonchev–Trinajstić information content (AvgIpc) is 3.06. The summed E-state index contributed by atoms with van der Waals surface area (Å²) in [4.78, 5) is 16.5. The van der Waals surface area contributed by atoms with Gasteiger partial charge < -0.3 is 9.72 Å². The van der Waals surface area contributed by atoms with Crippen molar-refractivity contribution in [2.24, 2.45) is 0 Å². The topological polar surface area (TPSA) is 68.2 Å². The number of benzene rings is 3. The van der Waals surface area contributed by atoms with Crippen molar-refractivity contribution in [3.63, 3.8) is 0 Å². The number of nitrogens with zero attached hydrogens (tertiary/aromatic N) is 1. The highest BCUT2D eigenvalue weighted by molar-refractivity contribution is 7.99. The van der Waals surface area contributed by atoms with Crippen molar-refractivity contribution in [1.82, 2.24) is 4.98 Å². The van der Waals surface area contributed by atoms with Crippen LogP contribution >= 0.6 is 11.8 Å². The fourth-order valence-electron chi connectivity index (χ4n) is 3.04. The molecule has 4 aromatic rings. The van der Waals surface area contributed by atoms with Gasteiger partial charge in [-0.15, -0.1) is 0 Å². The number of nitrogens with one attached hydrogen (secondary N) is 1. The average molecular weight is 376 g/mol. The van der Waals surface area contributed by atoms with Crippen LogP contribution in [-0.2, 0) is 0 Å². The number of rotatable bonds is 5. The zero-order valence-electron chi connectivity index (χ0n) is 14.5. The molecule has 0 spiro atoms. The van der Waals surface area contributed by atoms with Crippen LogP contribution in [0.1, 0.15) is 0 Å². The van der Waals surface area contributed by atoms with E-state index in [1.165, 1.54) is 6.07 Å². The van der Waals surface area contributed by atoms with Crippen LogP contribution in [0.2, 0.25) is 0 Å². The van der Waals surface area contributed by atoms with Gasteiger partial charge in [0.05, 0.1) is 23.3 Å². The number of aromatic nitrogens is 1. The standard InChI is InChI=1S/C21H16N2O3S/c1-26-14-7-6-8-15(13-14)27-21-16-9-2-4-11-18(16)22-20(21)17-10-3-5-12-19(17)23(24)25/h2-13,22H,1H3. The highest BCUT2D eigenvalue weighted by atomic mass is 32.2. The number of para-hydroxylation sites is 2. The van der Waals surface area contributed by atoms with Crippen LogP contribution in [-0.4, -0.2) is 17.0 Å². The molecule has 5 nitrogen and oxygen atoms in total. The maximum absolute atomic E-state index is 11.5. The third-order valence-electron chi connectivity index (χ3n) is 4.29. The number of nitro groups is 1. The van der Waals surface area contributed by atoms with Gasteiger partial charge in [0.15, 0.2) is 0 Å². The Kier molecular flexibility index (Phi) is 4.56. The van der Waals surface area contributed by atoms with Crippen molar-refractivity contribution in [1.29, 1.82) is 0 Å². The molecule has 0 saturated heterocycles. The molecule has 0 saturated carbocycles. The number of aromatic amines is 1. The van der Waals surface area contributed by atoms with Gasteiger partial charge in [-0.05, 0) is 30.3 Å². The van der Waals surface area contributed by atoms with E-state index >= 15 is 0 Å². The fourth-order valence-corrected chi connectivity index (χ4v) is 4.15. The van der Waals surface area contributed by atoms with Gasteiger partial charge in [0, 0.05) is 26.8 Å². The third-order valence-corrected chi connectivity index (χ3v) is 5.41. The number of hydrogen-bond acceptors (Lipinski definition) is 4. The first kappa shape index (κ1) is 17.2. The number of methoxy groups -OCH3 is 1. The molecule has 1 aromatic heterocycles. The van der Waals surface area contributed by atoms with Gasteiger partial charge in [-0.2, -0.15) is 0 Å². The molecule has 0 unspecified atom stereocenters. The van der Waals surface area contributed by atoms with Crippen LogP contribution in [0.4, 0.5) is 5.69 Å². The summed E-state index contributed by atoms with van der Waals surface area (Å²) in [6, 6.07) is 22.5. The molecule has 1 heterocycles. The molecule has 0 amide bonds. The van der Waals surface area contributed by atoms with E-state index in [1.807, 2.05) is 54.6 Å². The number of fused-ring (bicyclic) bond motifs is 1. The van der Waals surface area contributed by atoms with Crippen LogP contribution < -0.4 is 4.74 Å². The second-order valence-electron chi connectivity index (χ2n) is 5.93. The number of ether oxygens (including phenoxy) is 1. The minimum atomic E-state index is -0.346. The van der Waals surface area contributed by atoms with E-state index < -0.39 is 0 Å². The van der Waals surface area contributed by atoms with E-state index in [1.54, 1.807) is 31.0 Å². The number of H-pyrrole nitrogens is 1. The molecule has 134 valence electrons. The SMILES string of the molecule is COc1cccc(Sc2c(-c3ccccc3[N+](=O)[O-])[nH]c3ccccc23)c1. The summed E-state index contributed by atoms with van der Waals surface area (Å²) in [7, 11) is 1.63. The third kappa shape index (κ3) is 3.27. The second-order valence-corrected chi connectivity index (χ2v) is 7.01. The Morgan fingerprint density at radius 3 is 2.59 bits per heavy atom. The van der Waals surface area contributed by atoms with E-state index in [4.69, 9.17) is 4.74 Å². The lowest BCUT2D eigenvalue weighted by atomic mass is 10.1. The number of hydrogen-bond donors (Lipinski definition) is 1. The Balaban J connectivity index is 1.92. The molecule has 1 N–H and O–H groups in total. The summed E-state index contributed by atoms with van der Waals surface area (Å²) in [5.74, 6) is 0.770. The fraction of sp³-hybridized carbons (Fsp3) is 0.0476. The largest absolute Gasteiger partial charge is 0.497 e. The summed E-state index contributed by atoms with van der Waals surface area (Å²) >= 11 is 1.56. The van der Waals surface area contributed by atoms with Crippen molar-refractivity contribution in [3.05, 3.63) is 82.9 Å². The molecule has 4 rings (SSSR count). The molecule has 0 aliphatic carbocycles. The zero-order valence-corrected chi connectivity index (χ0v) is 15.3. The normalized spacial score (nSPS) is 10.9. The Labute approximate surface area is 160 Å². The van der Waals surface area contributed by atoms with Gasteiger partial charge in [0.25, 0.3) is 5.69 Å². The van der Waals surface area contributed by atoms with Crippen LogP contribution in [0.3, 0.4) is 0 Å². The van der Waals surface area contributed by atoms with Gasteiger partial charge in [-0.25, -0.2) is 0 Å². The lowest BCUT2D eigenvalue weighted by Crippen LogP contribution is -1.92. The minimum absolute atomic E-state index is 0.0801. The molecule has 0 aliphatic heterocycles. The van der Waals surface area contributed by atoms with E-state index in [-0.39, 0.29) is 10.6 Å². The summed E-state index contributed by atoms with van der Waals surface area (Å²) < 4.78 is 5.32. The molecule has 0 radical (unpaired) electrons. The Bertz CT molecular complexity index is 1140. The Hall–Kier alpha value is -3.25. The summed E-state index contributed by atoms with van der Waals surface area (Å²) in [5.41, 5.74) is 2.34. The second kappa shape index (κ2) is 7.17. The summed E-state index contributed by atoms with van der Waals surface area (Å²) in [5, 5.41) is 12.6. The highest BCUT2D eigenvalue weighted by Gasteiger charge is 2.21. The maximum atomic E-state index is 11.5. The van der Waals surface area contributed by atoms with Gasteiger partial charge in [0.1, 0.15) is 5.75 Å². The molecule has 0 bridgehead atoms. The first-order valence-corrected chi connectivity index (χ1v) is 9.15. The molecule has 6 heteroatoms. The van der Waals surface area contributed by atoms with Gasteiger partial charge in [-0.1, -0.05) is 48.2 Å². The van der Waals surface area contributed by atoms with E-state index in [9.17, 15) is 10.1 Å². The van der Waals surface area contributed by atoms with Crippen molar-refractivity contribution in [2.75, 3.05) is 7.11 Å². The van der Waals surface area contributed by atoms with Gasteiger partial charge in [0.2, 0.25) is 0 Å². The molecule has 0 atom stereocenters. The van der Waals surface area contributed by atoms with Crippen LogP contribution in [0.5, 0.6) is 5.75 Å². The Morgan fingerprint density at radius 1 is 1.00 bits per heavy atom. The van der Waals surface area contributed by atoms with E-state index in [0.29, 0.717) is 5.56 Å². The molecular weight excluding hydrogens is 360 g/mol. The number of nitro benzene ring substituents is 1. The van der Waals surface area contributed by atoms with Crippen molar-refractivity contribution < 1.29 is 9.66 Å². The van der Waals surface area contributed by atoms with Crippen LogP contribution in [0, 0.1) is 10.1 Å². The lowest BCUT2D eigenvalue weighted by molar-refractivity contribution is -0.384. The van der Waals surface area contributed by atoms with E-state index in [0.717, 1.165) is 32.1 Å². The van der Waals surface area contributed by atoms with Crippen molar-refractivity contribution in [3.8, 4) is 17.0 Å².